The highest BCUT2D eigenvalue weighted by Crippen LogP contribution is 2.31. The molecule has 1 aliphatic rings. The second-order valence-corrected chi connectivity index (χ2v) is 4.21. The Labute approximate surface area is 102 Å². The molecule has 1 saturated carbocycles. The number of nitrogens with zero attached hydrogens (tertiary/aromatic N) is 1. The van der Waals surface area contributed by atoms with E-state index in [-0.39, 0.29) is 18.3 Å². The summed E-state index contributed by atoms with van der Waals surface area (Å²) in [5.74, 6) is 0.0277. The smallest absolute Gasteiger partial charge is 0.246 e. The standard InChI is InChI=1S/C12H16N2O.ClH/c1-14(10-6-3-2-4-7-10)11(15)12(13)8-5-9-12;/h2-4,6-7H,5,8-9,13H2,1H3;1H. The quantitative estimate of drug-likeness (QED) is 0.859. The van der Waals surface area contributed by atoms with Crippen LogP contribution in [0.15, 0.2) is 30.3 Å². The molecule has 0 atom stereocenters. The van der Waals surface area contributed by atoms with Crippen LogP contribution in [0.25, 0.3) is 0 Å². The zero-order valence-corrected chi connectivity index (χ0v) is 10.2. The van der Waals surface area contributed by atoms with Gasteiger partial charge in [-0.3, -0.25) is 4.79 Å². The maximum absolute atomic E-state index is 12.0. The van der Waals surface area contributed by atoms with Gasteiger partial charge in [0.05, 0.1) is 5.54 Å². The Hall–Kier alpha value is -1.06. The molecule has 0 spiro atoms. The van der Waals surface area contributed by atoms with Crippen LogP contribution in [0.2, 0.25) is 0 Å². The van der Waals surface area contributed by atoms with E-state index in [4.69, 9.17) is 5.73 Å². The average Bonchev–Trinajstić information content (AvgIpc) is 2.25. The number of nitrogens with two attached hydrogens (primary N) is 1. The lowest BCUT2D eigenvalue weighted by molar-refractivity contribution is -0.126. The molecule has 0 unspecified atom stereocenters. The van der Waals surface area contributed by atoms with Gasteiger partial charge < -0.3 is 10.6 Å². The zero-order chi connectivity index (χ0) is 10.9. The van der Waals surface area contributed by atoms with Gasteiger partial charge in [0, 0.05) is 12.7 Å². The summed E-state index contributed by atoms with van der Waals surface area (Å²) in [6.07, 6.45) is 2.68. The molecule has 4 heteroatoms. The van der Waals surface area contributed by atoms with Gasteiger partial charge in [0.25, 0.3) is 0 Å². The number of hydrogen-bond donors (Lipinski definition) is 1. The lowest BCUT2D eigenvalue weighted by atomic mass is 9.76. The molecule has 0 saturated heterocycles. The van der Waals surface area contributed by atoms with E-state index < -0.39 is 5.54 Å². The number of likely N-dealkylation sites (N-methyl/N-ethyl adjacent to an activating group) is 1. The van der Waals surface area contributed by atoms with Crippen LogP contribution >= 0.6 is 12.4 Å². The molecule has 0 aromatic heterocycles. The largest absolute Gasteiger partial charge is 0.317 e. The van der Waals surface area contributed by atoms with Crippen molar-refractivity contribution in [3.05, 3.63) is 30.3 Å². The van der Waals surface area contributed by atoms with E-state index in [1.165, 1.54) is 0 Å². The third-order valence-electron chi connectivity index (χ3n) is 3.12. The van der Waals surface area contributed by atoms with Crippen molar-refractivity contribution in [2.75, 3.05) is 11.9 Å². The molecule has 1 amide bonds. The summed E-state index contributed by atoms with van der Waals surface area (Å²) in [5.41, 5.74) is 6.29. The fourth-order valence-corrected chi connectivity index (χ4v) is 1.87. The second kappa shape index (κ2) is 4.85. The maximum atomic E-state index is 12.0. The summed E-state index contributed by atoms with van der Waals surface area (Å²) in [6.45, 7) is 0. The Morgan fingerprint density at radius 3 is 2.31 bits per heavy atom. The molecular weight excluding hydrogens is 224 g/mol. The molecule has 0 bridgehead atoms. The Balaban J connectivity index is 0.00000128. The minimum Gasteiger partial charge on any atom is -0.317 e. The van der Waals surface area contributed by atoms with Crippen LogP contribution in [0.5, 0.6) is 0 Å². The second-order valence-electron chi connectivity index (χ2n) is 4.21. The first-order valence-corrected chi connectivity index (χ1v) is 5.26. The molecule has 2 rings (SSSR count). The van der Waals surface area contributed by atoms with Crippen molar-refractivity contribution in [2.24, 2.45) is 5.73 Å². The van der Waals surface area contributed by atoms with Gasteiger partial charge in [-0.25, -0.2) is 0 Å². The predicted octanol–water partition coefficient (Wildman–Crippen LogP) is 1.95. The molecule has 0 aliphatic heterocycles. The van der Waals surface area contributed by atoms with Crippen LogP contribution in [-0.2, 0) is 4.79 Å². The number of anilines is 1. The summed E-state index contributed by atoms with van der Waals surface area (Å²) in [6, 6.07) is 9.61. The molecule has 0 heterocycles. The zero-order valence-electron chi connectivity index (χ0n) is 9.35. The number of rotatable bonds is 2. The molecule has 0 radical (unpaired) electrons. The van der Waals surface area contributed by atoms with Crippen molar-refractivity contribution in [3.63, 3.8) is 0 Å². The van der Waals surface area contributed by atoms with Crippen molar-refractivity contribution in [2.45, 2.75) is 24.8 Å². The van der Waals surface area contributed by atoms with E-state index in [0.29, 0.717) is 0 Å². The number of para-hydroxylation sites is 1. The lowest BCUT2D eigenvalue weighted by Gasteiger charge is -2.39. The lowest BCUT2D eigenvalue weighted by Crippen LogP contribution is -2.59. The van der Waals surface area contributed by atoms with Gasteiger partial charge in [-0.2, -0.15) is 0 Å². The highest BCUT2D eigenvalue weighted by atomic mass is 35.5. The van der Waals surface area contributed by atoms with Crippen molar-refractivity contribution in [3.8, 4) is 0 Å². The number of amides is 1. The van der Waals surface area contributed by atoms with Crippen LogP contribution in [0.3, 0.4) is 0 Å². The van der Waals surface area contributed by atoms with E-state index in [9.17, 15) is 4.79 Å². The summed E-state index contributed by atoms with van der Waals surface area (Å²) in [7, 11) is 1.78. The number of carbonyl (C=O) groups is 1. The number of hydrogen-bond acceptors (Lipinski definition) is 2. The first kappa shape index (κ1) is 13.0. The van der Waals surface area contributed by atoms with Gasteiger partial charge in [0.1, 0.15) is 0 Å². The fourth-order valence-electron chi connectivity index (χ4n) is 1.87. The van der Waals surface area contributed by atoms with Gasteiger partial charge >= 0.3 is 0 Å². The van der Waals surface area contributed by atoms with E-state index in [1.807, 2.05) is 30.3 Å². The van der Waals surface area contributed by atoms with Crippen LogP contribution in [-0.4, -0.2) is 18.5 Å². The topological polar surface area (TPSA) is 46.3 Å². The summed E-state index contributed by atoms with van der Waals surface area (Å²) < 4.78 is 0. The SMILES string of the molecule is CN(C(=O)C1(N)CCC1)c1ccccc1.Cl. The summed E-state index contributed by atoms with van der Waals surface area (Å²) in [4.78, 5) is 13.7. The monoisotopic (exact) mass is 240 g/mol. The Morgan fingerprint density at radius 2 is 1.88 bits per heavy atom. The Kier molecular flexibility index (Phi) is 3.94. The van der Waals surface area contributed by atoms with E-state index in [1.54, 1.807) is 11.9 Å². The van der Waals surface area contributed by atoms with Gasteiger partial charge in [-0.05, 0) is 31.4 Å². The molecule has 3 nitrogen and oxygen atoms in total. The first-order valence-electron chi connectivity index (χ1n) is 5.26. The van der Waals surface area contributed by atoms with Gasteiger partial charge in [0.15, 0.2) is 0 Å². The minimum absolute atomic E-state index is 0. The third-order valence-corrected chi connectivity index (χ3v) is 3.12. The Morgan fingerprint density at radius 1 is 1.31 bits per heavy atom. The normalized spacial score (nSPS) is 16.9. The van der Waals surface area contributed by atoms with Crippen molar-refractivity contribution in [1.82, 2.24) is 0 Å². The van der Waals surface area contributed by atoms with Gasteiger partial charge in [0.2, 0.25) is 5.91 Å². The van der Waals surface area contributed by atoms with Crippen molar-refractivity contribution < 1.29 is 4.79 Å². The third kappa shape index (κ3) is 2.20. The Bertz CT molecular complexity index is 363. The number of halogens is 1. The summed E-state index contributed by atoms with van der Waals surface area (Å²) >= 11 is 0. The van der Waals surface area contributed by atoms with E-state index >= 15 is 0 Å². The molecule has 1 aromatic carbocycles. The molecule has 1 aliphatic carbocycles. The van der Waals surface area contributed by atoms with Crippen LogP contribution in [0, 0.1) is 0 Å². The van der Waals surface area contributed by atoms with Crippen molar-refractivity contribution in [1.29, 1.82) is 0 Å². The maximum Gasteiger partial charge on any atom is 0.246 e. The predicted molar refractivity (Wildman–Crippen MR) is 67.9 cm³/mol. The minimum atomic E-state index is -0.607. The molecule has 2 N–H and O–H groups in total. The van der Waals surface area contributed by atoms with Gasteiger partial charge in [-0.15, -0.1) is 12.4 Å². The summed E-state index contributed by atoms with van der Waals surface area (Å²) in [5, 5.41) is 0. The van der Waals surface area contributed by atoms with Crippen LogP contribution < -0.4 is 10.6 Å². The first-order chi connectivity index (χ1) is 7.13. The molecular formula is C12H17ClN2O. The number of carbonyl (C=O) groups excluding carboxylic acids is 1. The van der Waals surface area contributed by atoms with E-state index in [0.717, 1.165) is 24.9 Å². The van der Waals surface area contributed by atoms with E-state index in [2.05, 4.69) is 0 Å². The van der Waals surface area contributed by atoms with Crippen LogP contribution in [0.4, 0.5) is 5.69 Å². The highest BCUT2D eigenvalue weighted by molar-refractivity contribution is 6.00. The molecule has 1 fully saturated rings. The highest BCUT2D eigenvalue weighted by Gasteiger charge is 2.42. The molecule has 1 aromatic rings. The van der Waals surface area contributed by atoms with Gasteiger partial charge in [-0.1, -0.05) is 18.2 Å². The molecule has 88 valence electrons. The average molecular weight is 241 g/mol. The molecule has 16 heavy (non-hydrogen) atoms. The van der Waals surface area contributed by atoms with Crippen molar-refractivity contribution >= 4 is 24.0 Å². The fraction of sp³-hybridized carbons (Fsp3) is 0.417. The van der Waals surface area contributed by atoms with Crippen LogP contribution in [0.1, 0.15) is 19.3 Å². The number of benzene rings is 1.